The Hall–Kier alpha value is -2.08. The number of para-hydroxylation sites is 1. The van der Waals surface area contributed by atoms with E-state index in [2.05, 4.69) is 30.0 Å². The number of ether oxygens (including phenoxy) is 3. The lowest BCUT2D eigenvalue weighted by molar-refractivity contribution is -0.151. The molecule has 0 aromatic heterocycles. The van der Waals surface area contributed by atoms with Gasteiger partial charge in [0.2, 0.25) is 0 Å². The maximum atomic E-state index is 10.4. The van der Waals surface area contributed by atoms with Gasteiger partial charge in [0.1, 0.15) is 24.2 Å². The van der Waals surface area contributed by atoms with Gasteiger partial charge in [0.25, 0.3) is 0 Å². The second kappa shape index (κ2) is 15.7. The lowest BCUT2D eigenvalue weighted by Crippen LogP contribution is -2.36. The minimum absolute atomic E-state index is 0.194. The van der Waals surface area contributed by atoms with Crippen LogP contribution in [-0.2, 0) is 17.6 Å². The van der Waals surface area contributed by atoms with Crippen molar-refractivity contribution in [3.63, 3.8) is 0 Å². The molecular formula is C28H43NO4. The van der Waals surface area contributed by atoms with E-state index in [1.54, 1.807) is 7.11 Å². The number of hydrogen-bond donors (Lipinski definition) is 1. The van der Waals surface area contributed by atoms with E-state index in [9.17, 15) is 5.11 Å². The summed E-state index contributed by atoms with van der Waals surface area (Å²) in [4.78, 5) is 2.07. The van der Waals surface area contributed by atoms with Crippen LogP contribution in [0, 0.1) is 0 Å². The van der Waals surface area contributed by atoms with Gasteiger partial charge in [-0.05, 0) is 69.1 Å². The van der Waals surface area contributed by atoms with Crippen LogP contribution in [0.25, 0.3) is 0 Å². The number of rotatable bonds is 17. The predicted molar refractivity (Wildman–Crippen MR) is 135 cm³/mol. The summed E-state index contributed by atoms with van der Waals surface area (Å²) in [6.07, 6.45) is 7.39. The van der Waals surface area contributed by atoms with Gasteiger partial charge in [-0.3, -0.25) is 0 Å². The average Bonchev–Trinajstić information content (AvgIpc) is 2.81. The summed E-state index contributed by atoms with van der Waals surface area (Å²) in [6.45, 7) is 3.31. The summed E-state index contributed by atoms with van der Waals surface area (Å²) in [7, 11) is 5.70. The molecule has 0 aliphatic carbocycles. The van der Waals surface area contributed by atoms with Crippen LogP contribution in [0.15, 0.2) is 48.5 Å². The summed E-state index contributed by atoms with van der Waals surface area (Å²) in [6, 6.07) is 16.4. The molecule has 2 atom stereocenters. The van der Waals surface area contributed by atoms with Gasteiger partial charge in [-0.15, -0.1) is 0 Å². The first-order valence-corrected chi connectivity index (χ1v) is 12.3. The molecule has 2 unspecified atom stereocenters. The Labute approximate surface area is 200 Å². The second-order valence-corrected chi connectivity index (χ2v) is 8.94. The monoisotopic (exact) mass is 457 g/mol. The highest BCUT2D eigenvalue weighted by Gasteiger charge is 2.17. The Morgan fingerprint density at radius 1 is 0.909 bits per heavy atom. The summed E-state index contributed by atoms with van der Waals surface area (Å²) in [5, 5.41) is 10.4. The Morgan fingerprint density at radius 3 is 2.33 bits per heavy atom. The van der Waals surface area contributed by atoms with Crippen LogP contribution in [0.4, 0.5) is 0 Å². The van der Waals surface area contributed by atoms with Crippen molar-refractivity contribution < 1.29 is 19.3 Å². The maximum Gasteiger partial charge on any atom is 0.155 e. The molecule has 5 nitrogen and oxygen atoms in total. The fraction of sp³-hybridized carbons (Fsp3) is 0.571. The van der Waals surface area contributed by atoms with Crippen LogP contribution in [0.1, 0.15) is 56.6 Å². The molecule has 0 spiro atoms. The molecule has 33 heavy (non-hydrogen) atoms. The zero-order valence-corrected chi connectivity index (χ0v) is 21.0. The molecule has 184 valence electrons. The molecule has 0 aliphatic heterocycles. The normalized spacial score (nSPS) is 13.2. The van der Waals surface area contributed by atoms with Crippen molar-refractivity contribution in [3.8, 4) is 11.5 Å². The summed E-state index contributed by atoms with van der Waals surface area (Å²) in [5.74, 6) is 1.75. The third kappa shape index (κ3) is 11.1. The van der Waals surface area contributed by atoms with Crippen molar-refractivity contribution in [1.29, 1.82) is 0 Å². The molecule has 0 saturated carbocycles. The van der Waals surface area contributed by atoms with Gasteiger partial charge < -0.3 is 24.2 Å². The molecule has 5 heteroatoms. The van der Waals surface area contributed by atoms with Gasteiger partial charge >= 0.3 is 0 Å². The number of unbranched alkanes of at least 4 members (excludes halogenated alkanes) is 4. The highest BCUT2D eigenvalue weighted by molar-refractivity contribution is 5.35. The molecule has 0 aliphatic rings. The van der Waals surface area contributed by atoms with Gasteiger partial charge in [0.15, 0.2) is 6.29 Å². The van der Waals surface area contributed by atoms with Crippen molar-refractivity contribution in [3.05, 3.63) is 59.7 Å². The number of aliphatic hydroxyl groups is 1. The Bertz CT molecular complexity index is 763. The van der Waals surface area contributed by atoms with Crippen LogP contribution in [0.3, 0.4) is 0 Å². The van der Waals surface area contributed by atoms with Crippen LogP contribution in [0.5, 0.6) is 11.5 Å². The molecule has 1 N–H and O–H groups in total. The molecule has 0 amide bonds. The van der Waals surface area contributed by atoms with E-state index >= 15 is 0 Å². The molecule has 2 aromatic carbocycles. The number of likely N-dealkylation sites (N-methyl/N-ethyl adjacent to an activating group) is 1. The molecule has 2 aromatic rings. The fourth-order valence-electron chi connectivity index (χ4n) is 3.86. The number of benzene rings is 2. The van der Waals surface area contributed by atoms with Gasteiger partial charge in [0.05, 0.1) is 7.11 Å². The molecule has 0 saturated heterocycles. The van der Waals surface area contributed by atoms with Crippen LogP contribution in [0.2, 0.25) is 0 Å². The zero-order chi connectivity index (χ0) is 23.9. The summed E-state index contributed by atoms with van der Waals surface area (Å²) >= 11 is 0. The summed E-state index contributed by atoms with van der Waals surface area (Å²) < 4.78 is 17.4. The third-order valence-electron chi connectivity index (χ3n) is 5.71. The Morgan fingerprint density at radius 2 is 1.64 bits per heavy atom. The van der Waals surface area contributed by atoms with Gasteiger partial charge in [0, 0.05) is 6.54 Å². The van der Waals surface area contributed by atoms with Gasteiger partial charge in [-0.2, -0.15) is 0 Å². The first kappa shape index (κ1) is 27.2. The minimum atomic E-state index is -0.745. The third-order valence-corrected chi connectivity index (χ3v) is 5.71. The van der Waals surface area contributed by atoms with Crippen LogP contribution >= 0.6 is 0 Å². The van der Waals surface area contributed by atoms with Crippen molar-refractivity contribution in [2.24, 2.45) is 0 Å². The van der Waals surface area contributed by atoms with Crippen molar-refractivity contribution >= 4 is 0 Å². The van der Waals surface area contributed by atoms with E-state index in [0.29, 0.717) is 19.6 Å². The number of nitrogens with zero attached hydrogens (tertiary/aromatic N) is 1. The van der Waals surface area contributed by atoms with E-state index < -0.39 is 6.29 Å². The maximum absolute atomic E-state index is 10.4. The zero-order valence-electron chi connectivity index (χ0n) is 21.0. The largest absolute Gasteiger partial charge is 0.497 e. The van der Waals surface area contributed by atoms with E-state index in [4.69, 9.17) is 14.2 Å². The Balaban J connectivity index is 1.88. The van der Waals surface area contributed by atoms with Gasteiger partial charge in [-0.25, -0.2) is 0 Å². The van der Waals surface area contributed by atoms with E-state index in [0.717, 1.165) is 37.2 Å². The summed E-state index contributed by atoms with van der Waals surface area (Å²) in [5.41, 5.74) is 2.44. The smallest absolute Gasteiger partial charge is 0.155 e. The van der Waals surface area contributed by atoms with E-state index in [1.165, 1.54) is 30.4 Å². The van der Waals surface area contributed by atoms with E-state index in [-0.39, 0.29) is 6.10 Å². The average molecular weight is 458 g/mol. The van der Waals surface area contributed by atoms with Crippen molar-refractivity contribution in [2.75, 3.05) is 34.4 Å². The second-order valence-electron chi connectivity index (χ2n) is 8.94. The highest BCUT2D eigenvalue weighted by atomic mass is 16.6. The quantitative estimate of drug-likeness (QED) is 0.252. The number of aliphatic hydroxyl groups excluding tert-OH is 1. The first-order chi connectivity index (χ1) is 16.0. The number of aryl methyl sites for hydroxylation is 2. The lowest BCUT2D eigenvalue weighted by atomic mass is 10.0. The molecule has 2 rings (SSSR count). The Kier molecular flexibility index (Phi) is 12.9. The number of hydrogen-bond acceptors (Lipinski definition) is 5. The minimum Gasteiger partial charge on any atom is -0.497 e. The molecule has 0 bridgehead atoms. The van der Waals surface area contributed by atoms with Gasteiger partial charge in [-0.1, -0.05) is 62.9 Å². The highest BCUT2D eigenvalue weighted by Crippen LogP contribution is 2.22. The van der Waals surface area contributed by atoms with Crippen molar-refractivity contribution in [2.45, 2.75) is 70.7 Å². The standard InChI is InChI=1S/C28H43NO4/c1-5-6-7-8-9-14-28(30)33-26(21-29(2)3)22-32-27-13-11-10-12-24(27)18-15-23-16-19-25(31-4)20-17-23/h10-13,16-17,19-20,26,28,30H,5-9,14-15,18,21-22H2,1-4H3. The fourth-order valence-corrected chi connectivity index (χ4v) is 3.86. The lowest BCUT2D eigenvalue weighted by Gasteiger charge is -2.25. The molecule has 0 fully saturated rings. The molecular weight excluding hydrogens is 414 g/mol. The van der Waals surface area contributed by atoms with E-state index in [1.807, 2.05) is 44.4 Å². The topological polar surface area (TPSA) is 51.2 Å². The number of methoxy groups -OCH3 is 1. The first-order valence-electron chi connectivity index (χ1n) is 12.3. The SMILES string of the molecule is CCCCCCCC(O)OC(COc1ccccc1CCc1ccc(OC)cc1)CN(C)C. The predicted octanol–water partition coefficient (Wildman–Crippen LogP) is 5.48. The van der Waals surface area contributed by atoms with Crippen molar-refractivity contribution in [1.82, 2.24) is 4.90 Å². The molecule has 0 radical (unpaired) electrons. The van der Waals surface area contributed by atoms with Crippen LogP contribution < -0.4 is 9.47 Å². The molecule has 0 heterocycles. The van der Waals surface area contributed by atoms with Crippen LogP contribution in [-0.4, -0.2) is 56.8 Å².